The van der Waals surface area contributed by atoms with Crippen molar-refractivity contribution >= 4 is 46.6 Å². The molecule has 29 heavy (non-hydrogen) atoms. The lowest BCUT2D eigenvalue weighted by Crippen LogP contribution is -2.28. The molecule has 2 amide bonds. The number of rotatable bonds is 5. The van der Waals surface area contributed by atoms with Gasteiger partial charge in [0, 0.05) is 28.6 Å². The van der Waals surface area contributed by atoms with Crippen LogP contribution in [0.2, 0.25) is 5.02 Å². The third kappa shape index (κ3) is 4.13. The summed E-state index contributed by atoms with van der Waals surface area (Å²) < 4.78 is 1.55. The van der Waals surface area contributed by atoms with Gasteiger partial charge in [-0.2, -0.15) is 5.10 Å². The normalized spacial score (nSPS) is 16.3. The van der Waals surface area contributed by atoms with Crippen molar-refractivity contribution < 1.29 is 9.59 Å². The summed E-state index contributed by atoms with van der Waals surface area (Å²) in [4.78, 5) is 32.1. The van der Waals surface area contributed by atoms with Crippen molar-refractivity contribution in [3.63, 3.8) is 0 Å². The van der Waals surface area contributed by atoms with Crippen LogP contribution in [0.3, 0.4) is 0 Å². The van der Waals surface area contributed by atoms with E-state index in [1.54, 1.807) is 39.5 Å². The molecule has 1 fully saturated rings. The summed E-state index contributed by atoms with van der Waals surface area (Å²) in [6.07, 6.45) is 5.11. The van der Waals surface area contributed by atoms with E-state index in [2.05, 4.69) is 15.4 Å². The van der Waals surface area contributed by atoms with Crippen molar-refractivity contribution in [3.8, 4) is 5.69 Å². The summed E-state index contributed by atoms with van der Waals surface area (Å²) in [5.41, 5.74) is 1.96. The summed E-state index contributed by atoms with van der Waals surface area (Å²) in [6.45, 7) is 0.336. The van der Waals surface area contributed by atoms with E-state index in [-0.39, 0.29) is 18.2 Å². The molecule has 0 spiro atoms. The molecule has 1 aliphatic heterocycles. The van der Waals surface area contributed by atoms with E-state index in [0.717, 1.165) is 10.6 Å². The number of anilines is 2. The first kappa shape index (κ1) is 19.5. The van der Waals surface area contributed by atoms with Gasteiger partial charge in [-0.3, -0.25) is 9.59 Å². The smallest absolute Gasteiger partial charge is 0.229 e. The zero-order valence-corrected chi connectivity index (χ0v) is 17.2. The van der Waals surface area contributed by atoms with Crippen LogP contribution in [0.15, 0.2) is 60.0 Å². The van der Waals surface area contributed by atoms with Gasteiger partial charge in [0.1, 0.15) is 12.7 Å². The van der Waals surface area contributed by atoms with Crippen LogP contribution in [0.25, 0.3) is 5.69 Å². The second kappa shape index (κ2) is 8.26. The number of hydrogen-bond donors (Lipinski definition) is 1. The molecule has 9 heteroatoms. The van der Waals surface area contributed by atoms with Crippen LogP contribution in [-0.2, 0) is 9.59 Å². The van der Waals surface area contributed by atoms with Crippen molar-refractivity contribution in [3.05, 3.63) is 60.1 Å². The second-order valence-electron chi connectivity index (χ2n) is 6.59. The Labute approximate surface area is 177 Å². The average Bonchev–Trinajstić information content (AvgIpc) is 3.38. The van der Waals surface area contributed by atoms with Crippen LogP contribution in [0.4, 0.5) is 11.4 Å². The van der Waals surface area contributed by atoms with Crippen molar-refractivity contribution in [2.75, 3.05) is 23.0 Å². The Morgan fingerprint density at radius 1 is 1.24 bits per heavy atom. The fourth-order valence-electron chi connectivity index (χ4n) is 3.27. The minimum absolute atomic E-state index is 0.0651. The Hall–Kier alpha value is -2.84. The number of nitrogens with one attached hydrogen (secondary N) is 1. The Bertz CT molecular complexity index is 1040. The van der Waals surface area contributed by atoms with Crippen LogP contribution in [-0.4, -0.2) is 39.4 Å². The van der Waals surface area contributed by atoms with Crippen LogP contribution in [0, 0.1) is 5.92 Å². The molecule has 0 saturated carbocycles. The minimum Gasteiger partial charge on any atom is -0.324 e. The van der Waals surface area contributed by atoms with Gasteiger partial charge in [-0.25, -0.2) is 9.67 Å². The highest BCUT2D eigenvalue weighted by atomic mass is 35.5. The van der Waals surface area contributed by atoms with Crippen molar-refractivity contribution in [1.29, 1.82) is 0 Å². The maximum absolute atomic E-state index is 12.9. The number of benzene rings is 2. The lowest BCUT2D eigenvalue weighted by Gasteiger charge is -2.17. The molecule has 3 aromatic rings. The van der Waals surface area contributed by atoms with Gasteiger partial charge in [-0.1, -0.05) is 11.6 Å². The zero-order valence-electron chi connectivity index (χ0n) is 15.6. The van der Waals surface area contributed by atoms with Gasteiger partial charge in [-0.15, -0.1) is 11.8 Å². The molecule has 4 rings (SSSR count). The predicted molar refractivity (Wildman–Crippen MR) is 114 cm³/mol. The SMILES string of the molecule is CSc1ccc(N2CC(C(=O)Nc3cc(Cl)ccc3-n3cncn3)CC2=O)cc1. The highest BCUT2D eigenvalue weighted by Crippen LogP contribution is 2.29. The van der Waals surface area contributed by atoms with Gasteiger partial charge in [0.25, 0.3) is 0 Å². The first-order chi connectivity index (χ1) is 14.0. The van der Waals surface area contributed by atoms with Gasteiger partial charge in [0.15, 0.2) is 0 Å². The van der Waals surface area contributed by atoms with E-state index < -0.39 is 5.92 Å². The molecule has 0 radical (unpaired) electrons. The molecule has 1 N–H and O–H groups in total. The third-order valence-electron chi connectivity index (χ3n) is 4.76. The molecule has 2 heterocycles. The van der Waals surface area contributed by atoms with Gasteiger partial charge in [0.2, 0.25) is 11.8 Å². The van der Waals surface area contributed by atoms with Crippen molar-refractivity contribution in [1.82, 2.24) is 14.8 Å². The van der Waals surface area contributed by atoms with E-state index in [9.17, 15) is 9.59 Å². The van der Waals surface area contributed by atoms with Crippen LogP contribution < -0.4 is 10.2 Å². The quantitative estimate of drug-likeness (QED) is 0.629. The molecule has 0 aliphatic carbocycles. The molecule has 1 atom stereocenters. The van der Waals surface area contributed by atoms with Crippen LogP contribution in [0.5, 0.6) is 0 Å². The molecule has 1 saturated heterocycles. The van der Waals surface area contributed by atoms with E-state index in [4.69, 9.17) is 11.6 Å². The number of carbonyl (C=O) groups is 2. The highest BCUT2D eigenvalue weighted by Gasteiger charge is 2.35. The maximum Gasteiger partial charge on any atom is 0.229 e. The maximum atomic E-state index is 12.9. The number of hydrogen-bond acceptors (Lipinski definition) is 5. The summed E-state index contributed by atoms with van der Waals surface area (Å²) in [6, 6.07) is 12.9. The molecular weight excluding hydrogens is 410 g/mol. The number of halogens is 1. The Morgan fingerprint density at radius 2 is 2.03 bits per heavy atom. The standard InChI is InChI=1S/C20H18ClN5O2S/c1-29-16-5-3-15(4-6-16)25-10-13(8-19(25)27)20(28)24-17-9-14(21)2-7-18(17)26-12-22-11-23-26/h2-7,9,11-13H,8,10H2,1H3,(H,24,28). The largest absolute Gasteiger partial charge is 0.324 e. The molecule has 7 nitrogen and oxygen atoms in total. The fraction of sp³-hybridized carbons (Fsp3) is 0.200. The summed E-state index contributed by atoms with van der Waals surface area (Å²) >= 11 is 7.75. The molecule has 2 aromatic carbocycles. The van der Waals surface area contributed by atoms with Crippen molar-refractivity contribution in [2.24, 2.45) is 5.92 Å². The van der Waals surface area contributed by atoms with Crippen LogP contribution in [0.1, 0.15) is 6.42 Å². The fourth-order valence-corrected chi connectivity index (χ4v) is 3.85. The number of amides is 2. The molecule has 0 bridgehead atoms. The first-order valence-electron chi connectivity index (χ1n) is 8.95. The van der Waals surface area contributed by atoms with Gasteiger partial charge < -0.3 is 10.2 Å². The lowest BCUT2D eigenvalue weighted by molar-refractivity contribution is -0.122. The molecule has 1 aliphatic rings. The summed E-state index contributed by atoms with van der Waals surface area (Å²) in [5, 5.41) is 7.49. The Kier molecular flexibility index (Phi) is 5.55. The predicted octanol–water partition coefficient (Wildman–Crippen LogP) is 3.63. The highest BCUT2D eigenvalue weighted by molar-refractivity contribution is 7.98. The zero-order chi connectivity index (χ0) is 20.4. The Balaban J connectivity index is 1.51. The van der Waals surface area contributed by atoms with E-state index >= 15 is 0 Å². The van der Waals surface area contributed by atoms with E-state index in [1.807, 2.05) is 30.5 Å². The minimum atomic E-state index is -0.453. The van der Waals surface area contributed by atoms with Gasteiger partial charge in [0.05, 0.1) is 17.3 Å². The van der Waals surface area contributed by atoms with E-state index in [0.29, 0.717) is 22.9 Å². The number of thioether (sulfide) groups is 1. The van der Waals surface area contributed by atoms with Gasteiger partial charge >= 0.3 is 0 Å². The Morgan fingerprint density at radius 3 is 2.72 bits per heavy atom. The summed E-state index contributed by atoms with van der Waals surface area (Å²) in [7, 11) is 0. The molecule has 1 unspecified atom stereocenters. The van der Waals surface area contributed by atoms with Crippen molar-refractivity contribution in [2.45, 2.75) is 11.3 Å². The average molecular weight is 428 g/mol. The van der Waals surface area contributed by atoms with E-state index in [1.165, 1.54) is 12.7 Å². The third-order valence-corrected chi connectivity index (χ3v) is 5.74. The molecule has 148 valence electrons. The lowest BCUT2D eigenvalue weighted by atomic mass is 10.1. The summed E-state index contributed by atoms with van der Waals surface area (Å²) in [5.74, 6) is -0.750. The number of nitrogens with zero attached hydrogens (tertiary/aromatic N) is 4. The van der Waals surface area contributed by atoms with Gasteiger partial charge in [-0.05, 0) is 48.7 Å². The number of carbonyl (C=O) groups excluding carboxylic acids is 2. The topological polar surface area (TPSA) is 80.1 Å². The molecule has 1 aromatic heterocycles. The second-order valence-corrected chi connectivity index (χ2v) is 7.91. The first-order valence-corrected chi connectivity index (χ1v) is 10.6. The monoisotopic (exact) mass is 427 g/mol. The number of aromatic nitrogens is 3. The molecular formula is C20H18ClN5O2S. The van der Waals surface area contributed by atoms with Crippen LogP contribution >= 0.6 is 23.4 Å².